The van der Waals surface area contributed by atoms with Crippen molar-refractivity contribution in [2.45, 2.75) is 13.8 Å². The van der Waals surface area contributed by atoms with Gasteiger partial charge in [0, 0.05) is 0 Å². The monoisotopic (exact) mass is 388 g/mol. The van der Waals surface area contributed by atoms with Crippen molar-refractivity contribution in [1.29, 1.82) is 0 Å². The van der Waals surface area contributed by atoms with Gasteiger partial charge in [-0.05, 0) is 37.6 Å². The normalized spacial score (nSPS) is 10.1. The molecule has 0 spiro atoms. The highest BCUT2D eigenvalue weighted by molar-refractivity contribution is 5.95. The summed E-state index contributed by atoms with van der Waals surface area (Å²) in [5.41, 5.74) is 1.57. The molecule has 0 unspecified atom stereocenters. The molecule has 0 aliphatic heterocycles. The molecule has 2 rings (SSSR count). The van der Waals surface area contributed by atoms with E-state index < -0.39 is 23.4 Å². The van der Waals surface area contributed by atoms with Crippen LogP contribution in [0.3, 0.4) is 0 Å². The van der Waals surface area contributed by atoms with E-state index in [1.54, 1.807) is 6.07 Å². The van der Waals surface area contributed by atoms with E-state index in [0.29, 0.717) is 5.75 Å². The molecule has 1 amide bonds. The summed E-state index contributed by atoms with van der Waals surface area (Å²) in [6.45, 7) is 2.83. The second kappa shape index (κ2) is 9.36. The fourth-order valence-electron chi connectivity index (χ4n) is 2.37. The van der Waals surface area contributed by atoms with E-state index in [4.69, 9.17) is 14.2 Å². The summed E-state index contributed by atoms with van der Waals surface area (Å²) < 4.78 is 15.1. The number of aryl methyl sites for hydroxylation is 2. The molecular weight excluding hydrogens is 368 g/mol. The van der Waals surface area contributed by atoms with Gasteiger partial charge in [-0.2, -0.15) is 0 Å². The first-order valence-electron chi connectivity index (χ1n) is 8.28. The molecule has 0 aliphatic carbocycles. The zero-order valence-corrected chi connectivity index (χ0v) is 15.7. The summed E-state index contributed by atoms with van der Waals surface area (Å²) >= 11 is 0. The minimum absolute atomic E-state index is 0.0293. The van der Waals surface area contributed by atoms with Crippen molar-refractivity contribution < 1.29 is 28.7 Å². The third kappa shape index (κ3) is 5.70. The smallest absolute Gasteiger partial charge is 0.344 e. The van der Waals surface area contributed by atoms with Crippen LogP contribution in [0.25, 0.3) is 0 Å². The van der Waals surface area contributed by atoms with Gasteiger partial charge < -0.3 is 19.5 Å². The van der Waals surface area contributed by atoms with Crippen LogP contribution in [0.4, 0.5) is 11.4 Å². The van der Waals surface area contributed by atoms with Crippen LogP contribution < -0.4 is 14.8 Å². The Morgan fingerprint density at radius 2 is 1.86 bits per heavy atom. The van der Waals surface area contributed by atoms with Gasteiger partial charge in [0.05, 0.1) is 18.1 Å². The maximum atomic E-state index is 11.9. The summed E-state index contributed by atoms with van der Waals surface area (Å²) in [5.74, 6) is -0.631. The Balaban J connectivity index is 1.86. The van der Waals surface area contributed by atoms with E-state index >= 15 is 0 Å². The predicted octanol–water partition coefficient (Wildman–Crippen LogP) is 2.78. The average molecular weight is 388 g/mol. The molecule has 28 heavy (non-hydrogen) atoms. The van der Waals surface area contributed by atoms with Crippen LogP contribution in [0.1, 0.15) is 11.1 Å². The molecule has 148 valence electrons. The maximum absolute atomic E-state index is 11.9. The molecule has 0 saturated carbocycles. The summed E-state index contributed by atoms with van der Waals surface area (Å²) in [5, 5.41) is 13.4. The summed E-state index contributed by atoms with van der Waals surface area (Å²) in [6, 6.07) is 9.48. The number of anilines is 1. The van der Waals surface area contributed by atoms with Gasteiger partial charge in [-0.25, -0.2) is 4.79 Å². The molecule has 0 radical (unpaired) electrons. The van der Waals surface area contributed by atoms with Gasteiger partial charge in [0.1, 0.15) is 17.2 Å². The fraction of sp³-hybridized carbons (Fsp3) is 0.263. The van der Waals surface area contributed by atoms with Gasteiger partial charge in [-0.15, -0.1) is 0 Å². The average Bonchev–Trinajstić information content (AvgIpc) is 2.65. The van der Waals surface area contributed by atoms with Crippen LogP contribution in [-0.2, 0) is 14.3 Å². The number of amides is 1. The van der Waals surface area contributed by atoms with Crippen molar-refractivity contribution in [1.82, 2.24) is 0 Å². The Morgan fingerprint density at radius 1 is 1.11 bits per heavy atom. The van der Waals surface area contributed by atoms with E-state index in [1.165, 1.54) is 25.3 Å². The third-order valence-corrected chi connectivity index (χ3v) is 3.72. The number of rotatable bonds is 8. The van der Waals surface area contributed by atoms with Crippen LogP contribution in [-0.4, -0.2) is 37.1 Å². The quantitative estimate of drug-likeness (QED) is 0.420. The van der Waals surface area contributed by atoms with Crippen LogP contribution in [0, 0.1) is 24.0 Å². The number of hydrogen-bond acceptors (Lipinski definition) is 7. The number of benzene rings is 2. The van der Waals surface area contributed by atoms with Crippen molar-refractivity contribution in [3.8, 4) is 11.5 Å². The SMILES string of the molecule is COc1ccc(NC(=O)COC(=O)COc2ccc(C)cc2C)c([N+](=O)[O-])c1. The summed E-state index contributed by atoms with van der Waals surface area (Å²) in [4.78, 5) is 34.1. The molecule has 0 heterocycles. The largest absolute Gasteiger partial charge is 0.496 e. The van der Waals surface area contributed by atoms with Crippen molar-refractivity contribution in [2.24, 2.45) is 0 Å². The van der Waals surface area contributed by atoms with Crippen LogP contribution >= 0.6 is 0 Å². The number of nitro groups is 1. The van der Waals surface area contributed by atoms with E-state index in [1.807, 2.05) is 26.0 Å². The number of nitrogens with one attached hydrogen (secondary N) is 1. The van der Waals surface area contributed by atoms with Gasteiger partial charge in [0.25, 0.3) is 11.6 Å². The second-order valence-corrected chi connectivity index (χ2v) is 5.91. The molecule has 2 aromatic rings. The first-order valence-corrected chi connectivity index (χ1v) is 8.28. The lowest BCUT2D eigenvalue weighted by Gasteiger charge is -2.10. The Labute approximate surface area is 161 Å². The van der Waals surface area contributed by atoms with Crippen molar-refractivity contribution in [3.05, 3.63) is 57.6 Å². The van der Waals surface area contributed by atoms with Crippen molar-refractivity contribution >= 4 is 23.3 Å². The molecular formula is C19H20N2O7. The summed E-state index contributed by atoms with van der Waals surface area (Å²) in [7, 11) is 1.37. The lowest BCUT2D eigenvalue weighted by molar-refractivity contribution is -0.384. The number of nitro benzene ring substituents is 1. The first kappa shape index (κ1) is 20.7. The lowest BCUT2D eigenvalue weighted by Crippen LogP contribution is -2.24. The fourth-order valence-corrected chi connectivity index (χ4v) is 2.37. The standard InChI is InChI=1S/C19H20N2O7/c1-12-4-7-17(13(2)8-12)27-11-19(23)28-10-18(22)20-15-6-5-14(26-3)9-16(15)21(24)25/h4-9H,10-11H2,1-3H3,(H,20,22). The topological polar surface area (TPSA) is 117 Å². The number of carbonyl (C=O) groups excluding carboxylic acids is 2. The van der Waals surface area contributed by atoms with Crippen molar-refractivity contribution in [2.75, 3.05) is 25.6 Å². The van der Waals surface area contributed by atoms with Gasteiger partial charge in [0.15, 0.2) is 13.2 Å². The van der Waals surface area contributed by atoms with Crippen LogP contribution in [0.5, 0.6) is 11.5 Å². The number of nitrogens with zero attached hydrogens (tertiary/aromatic N) is 1. The number of esters is 1. The van der Waals surface area contributed by atoms with Gasteiger partial charge in [-0.1, -0.05) is 17.7 Å². The summed E-state index contributed by atoms with van der Waals surface area (Å²) in [6.07, 6.45) is 0. The van der Waals surface area contributed by atoms with Crippen LogP contribution in [0.2, 0.25) is 0 Å². The zero-order valence-electron chi connectivity index (χ0n) is 15.7. The van der Waals surface area contributed by atoms with E-state index in [0.717, 1.165) is 11.1 Å². The number of carbonyl (C=O) groups is 2. The minimum Gasteiger partial charge on any atom is -0.496 e. The van der Waals surface area contributed by atoms with Crippen LogP contribution in [0.15, 0.2) is 36.4 Å². The molecule has 0 aliphatic rings. The molecule has 0 fully saturated rings. The molecule has 9 nitrogen and oxygen atoms in total. The van der Waals surface area contributed by atoms with Gasteiger partial charge in [0.2, 0.25) is 0 Å². The first-order chi connectivity index (χ1) is 13.3. The molecule has 0 saturated heterocycles. The number of hydrogen-bond donors (Lipinski definition) is 1. The molecule has 1 N–H and O–H groups in total. The highest BCUT2D eigenvalue weighted by Gasteiger charge is 2.18. The van der Waals surface area contributed by atoms with E-state index in [9.17, 15) is 19.7 Å². The number of ether oxygens (including phenoxy) is 3. The van der Waals surface area contributed by atoms with Gasteiger partial charge >= 0.3 is 5.97 Å². The lowest BCUT2D eigenvalue weighted by atomic mass is 10.1. The highest BCUT2D eigenvalue weighted by atomic mass is 16.6. The predicted molar refractivity (Wildman–Crippen MR) is 101 cm³/mol. The van der Waals surface area contributed by atoms with E-state index in [-0.39, 0.29) is 23.7 Å². The maximum Gasteiger partial charge on any atom is 0.344 e. The second-order valence-electron chi connectivity index (χ2n) is 5.91. The minimum atomic E-state index is -0.737. The highest BCUT2D eigenvalue weighted by Crippen LogP contribution is 2.28. The van der Waals surface area contributed by atoms with Gasteiger partial charge in [-0.3, -0.25) is 14.9 Å². The Morgan fingerprint density at radius 3 is 2.50 bits per heavy atom. The Bertz CT molecular complexity index is 896. The molecule has 0 aromatic heterocycles. The van der Waals surface area contributed by atoms with E-state index in [2.05, 4.69) is 5.32 Å². The third-order valence-electron chi connectivity index (χ3n) is 3.72. The molecule has 0 bridgehead atoms. The molecule has 0 atom stereocenters. The molecule has 9 heteroatoms. The Kier molecular flexibility index (Phi) is 6.91. The zero-order chi connectivity index (χ0) is 20.7. The number of methoxy groups -OCH3 is 1. The molecule has 2 aromatic carbocycles. The van der Waals surface area contributed by atoms with Crippen molar-refractivity contribution in [3.63, 3.8) is 0 Å². The Hall–Kier alpha value is -3.62.